The van der Waals surface area contributed by atoms with Crippen LogP contribution in [-0.2, 0) is 4.79 Å². The molecule has 0 saturated carbocycles. The number of carbonyl (C=O) groups is 1. The van der Waals surface area contributed by atoms with Gasteiger partial charge in [-0.1, -0.05) is 30.4 Å². The number of hydrogen-bond acceptors (Lipinski definition) is 2. The maximum absolute atomic E-state index is 12.4. The fourth-order valence-corrected chi connectivity index (χ4v) is 1.99. The molecule has 19 heavy (non-hydrogen) atoms. The van der Waals surface area contributed by atoms with Crippen molar-refractivity contribution in [1.29, 1.82) is 0 Å². The average molecular weight is 255 g/mol. The molecule has 1 aromatic carbocycles. The monoisotopic (exact) mass is 255 g/mol. The molecule has 0 saturated heterocycles. The van der Waals surface area contributed by atoms with E-state index in [-0.39, 0.29) is 5.91 Å². The van der Waals surface area contributed by atoms with Gasteiger partial charge in [0.25, 0.3) is 5.91 Å². The van der Waals surface area contributed by atoms with E-state index in [4.69, 9.17) is 4.74 Å². The van der Waals surface area contributed by atoms with Gasteiger partial charge in [0.05, 0.1) is 5.57 Å². The zero-order valence-electron chi connectivity index (χ0n) is 10.8. The minimum atomic E-state index is -0.0331. The van der Waals surface area contributed by atoms with E-state index >= 15 is 0 Å². The van der Waals surface area contributed by atoms with E-state index in [1.807, 2.05) is 30.3 Å². The molecule has 0 aromatic heterocycles. The van der Waals surface area contributed by atoms with E-state index in [1.54, 1.807) is 17.1 Å². The second kappa shape index (κ2) is 6.05. The summed E-state index contributed by atoms with van der Waals surface area (Å²) in [5.74, 6) is 0.785. The molecule has 1 aliphatic rings. The number of fused-ring (bicyclic) bond motifs is 1. The van der Waals surface area contributed by atoms with Crippen molar-refractivity contribution < 1.29 is 9.53 Å². The lowest BCUT2D eigenvalue weighted by atomic mass is 10.1. The van der Waals surface area contributed by atoms with Gasteiger partial charge in [0, 0.05) is 18.7 Å². The highest BCUT2D eigenvalue weighted by atomic mass is 16.5. The Balaban J connectivity index is 2.22. The van der Waals surface area contributed by atoms with Crippen molar-refractivity contribution >= 4 is 12.0 Å². The number of hydrogen-bond donors (Lipinski definition) is 0. The molecule has 98 valence electrons. The molecular formula is C16H17NO2. The van der Waals surface area contributed by atoms with Crippen LogP contribution in [0.1, 0.15) is 5.56 Å². The van der Waals surface area contributed by atoms with Crippen molar-refractivity contribution in [1.82, 2.24) is 4.90 Å². The van der Waals surface area contributed by atoms with Crippen molar-refractivity contribution in [3.05, 3.63) is 60.7 Å². The number of benzene rings is 1. The van der Waals surface area contributed by atoms with Crippen molar-refractivity contribution in [3.8, 4) is 5.75 Å². The lowest BCUT2D eigenvalue weighted by Gasteiger charge is -2.23. The number of rotatable bonds is 5. The van der Waals surface area contributed by atoms with Crippen molar-refractivity contribution in [2.45, 2.75) is 0 Å². The third-order valence-electron chi connectivity index (χ3n) is 2.89. The molecule has 1 amide bonds. The highest BCUT2D eigenvalue weighted by Crippen LogP contribution is 2.26. The Bertz CT molecular complexity index is 521. The molecule has 0 spiro atoms. The first-order chi connectivity index (χ1) is 9.26. The van der Waals surface area contributed by atoms with Crippen molar-refractivity contribution in [2.75, 3.05) is 19.7 Å². The minimum Gasteiger partial charge on any atom is -0.488 e. The molecule has 0 fully saturated rings. The topological polar surface area (TPSA) is 29.5 Å². The molecule has 0 atom stereocenters. The van der Waals surface area contributed by atoms with E-state index in [9.17, 15) is 4.79 Å². The zero-order valence-corrected chi connectivity index (χ0v) is 10.8. The van der Waals surface area contributed by atoms with Crippen LogP contribution in [-0.4, -0.2) is 30.5 Å². The summed E-state index contributed by atoms with van der Waals surface area (Å²) >= 11 is 0. The van der Waals surface area contributed by atoms with E-state index in [1.165, 1.54) is 0 Å². The molecule has 2 rings (SSSR count). The van der Waals surface area contributed by atoms with Crippen molar-refractivity contribution in [2.24, 2.45) is 0 Å². The Kier molecular flexibility index (Phi) is 4.18. The summed E-state index contributed by atoms with van der Waals surface area (Å²) in [6.07, 6.45) is 5.31. The summed E-state index contributed by atoms with van der Waals surface area (Å²) in [5.41, 5.74) is 1.59. The SMILES string of the molecule is C=CCN(CC=C)C(=O)C1=Cc2ccccc2OC1. The highest BCUT2D eigenvalue weighted by molar-refractivity contribution is 5.99. The number of nitrogens with zero attached hydrogens (tertiary/aromatic N) is 1. The van der Waals surface area contributed by atoms with Crippen molar-refractivity contribution in [3.63, 3.8) is 0 Å². The number of para-hydroxylation sites is 1. The van der Waals surface area contributed by atoms with Gasteiger partial charge in [-0.25, -0.2) is 0 Å². The van der Waals surface area contributed by atoms with E-state index in [0.29, 0.717) is 25.3 Å². The van der Waals surface area contributed by atoms with Crippen LogP contribution in [0.15, 0.2) is 55.1 Å². The van der Waals surface area contributed by atoms with Gasteiger partial charge >= 0.3 is 0 Å². The first kappa shape index (κ1) is 13.1. The van der Waals surface area contributed by atoms with Gasteiger partial charge in [0.2, 0.25) is 0 Å². The van der Waals surface area contributed by atoms with E-state index in [0.717, 1.165) is 11.3 Å². The Labute approximate surface area is 113 Å². The lowest BCUT2D eigenvalue weighted by Crippen LogP contribution is -2.34. The summed E-state index contributed by atoms with van der Waals surface area (Å²) in [6.45, 7) is 8.65. The van der Waals surface area contributed by atoms with Gasteiger partial charge in [0.1, 0.15) is 12.4 Å². The molecule has 1 aliphatic heterocycles. The van der Waals surface area contributed by atoms with Gasteiger partial charge in [0.15, 0.2) is 0 Å². The predicted octanol–water partition coefficient (Wildman–Crippen LogP) is 2.66. The Morgan fingerprint density at radius 2 is 1.95 bits per heavy atom. The van der Waals surface area contributed by atoms with Crippen LogP contribution >= 0.6 is 0 Å². The number of ether oxygens (including phenoxy) is 1. The van der Waals surface area contributed by atoms with Crippen LogP contribution in [0, 0.1) is 0 Å². The van der Waals surface area contributed by atoms with Crippen LogP contribution in [0.3, 0.4) is 0 Å². The molecule has 0 bridgehead atoms. The molecule has 1 heterocycles. The van der Waals surface area contributed by atoms with E-state index in [2.05, 4.69) is 13.2 Å². The smallest absolute Gasteiger partial charge is 0.253 e. The Morgan fingerprint density at radius 1 is 1.26 bits per heavy atom. The summed E-state index contributed by atoms with van der Waals surface area (Å²) in [5, 5.41) is 0. The maximum Gasteiger partial charge on any atom is 0.253 e. The highest BCUT2D eigenvalue weighted by Gasteiger charge is 2.20. The molecule has 3 heteroatoms. The Hall–Kier alpha value is -2.29. The standard InChI is InChI=1S/C16H17NO2/c1-3-9-17(10-4-2)16(18)14-11-13-7-5-6-8-15(13)19-12-14/h3-8,11H,1-2,9-10,12H2. The first-order valence-electron chi connectivity index (χ1n) is 6.19. The summed E-state index contributed by atoms with van der Waals surface area (Å²) in [4.78, 5) is 14.1. The summed E-state index contributed by atoms with van der Waals surface area (Å²) in [7, 11) is 0. The van der Waals surface area contributed by atoms with Crippen LogP contribution in [0.5, 0.6) is 5.75 Å². The number of amides is 1. The van der Waals surface area contributed by atoms with Gasteiger partial charge < -0.3 is 9.64 Å². The van der Waals surface area contributed by atoms with Crippen LogP contribution < -0.4 is 4.74 Å². The van der Waals surface area contributed by atoms with Gasteiger partial charge in [-0.3, -0.25) is 4.79 Å². The third-order valence-corrected chi connectivity index (χ3v) is 2.89. The van der Waals surface area contributed by atoms with Crippen LogP contribution in [0.4, 0.5) is 0 Å². The largest absolute Gasteiger partial charge is 0.488 e. The Morgan fingerprint density at radius 3 is 2.63 bits per heavy atom. The van der Waals surface area contributed by atoms with Gasteiger partial charge in [-0.15, -0.1) is 13.2 Å². The third kappa shape index (κ3) is 2.94. The maximum atomic E-state index is 12.4. The van der Waals surface area contributed by atoms with Crippen LogP contribution in [0.2, 0.25) is 0 Å². The van der Waals surface area contributed by atoms with Crippen LogP contribution in [0.25, 0.3) is 6.08 Å². The quantitative estimate of drug-likeness (QED) is 0.757. The van der Waals surface area contributed by atoms with Gasteiger partial charge in [-0.2, -0.15) is 0 Å². The normalized spacial score (nSPS) is 12.7. The minimum absolute atomic E-state index is 0.0331. The van der Waals surface area contributed by atoms with Gasteiger partial charge in [-0.05, 0) is 12.1 Å². The molecular weight excluding hydrogens is 238 g/mol. The average Bonchev–Trinajstić information content (AvgIpc) is 2.46. The first-order valence-corrected chi connectivity index (χ1v) is 6.19. The predicted molar refractivity (Wildman–Crippen MR) is 76.9 cm³/mol. The summed E-state index contributed by atoms with van der Waals surface area (Å²) in [6, 6.07) is 7.68. The number of carbonyl (C=O) groups excluding carboxylic acids is 1. The molecule has 1 aromatic rings. The molecule has 0 unspecified atom stereocenters. The summed E-state index contributed by atoms with van der Waals surface area (Å²) < 4.78 is 5.60. The molecule has 3 nitrogen and oxygen atoms in total. The lowest BCUT2D eigenvalue weighted by molar-refractivity contribution is -0.126. The fourth-order valence-electron chi connectivity index (χ4n) is 1.99. The second-order valence-corrected chi connectivity index (χ2v) is 4.28. The zero-order chi connectivity index (χ0) is 13.7. The fraction of sp³-hybridized carbons (Fsp3) is 0.188. The van der Waals surface area contributed by atoms with E-state index < -0.39 is 0 Å². The molecule has 0 radical (unpaired) electrons. The second-order valence-electron chi connectivity index (χ2n) is 4.28. The molecule has 0 aliphatic carbocycles. The molecule has 0 N–H and O–H groups in total.